The highest BCUT2D eigenvalue weighted by Crippen LogP contribution is 2.39. The summed E-state index contributed by atoms with van der Waals surface area (Å²) in [5.41, 5.74) is 6.38. The van der Waals surface area contributed by atoms with Crippen LogP contribution in [0.1, 0.15) is 11.1 Å². The molecule has 0 unspecified atom stereocenters. The van der Waals surface area contributed by atoms with E-state index in [4.69, 9.17) is 0 Å². The largest absolute Gasteiger partial charge is 0.308 e. The number of aromatic nitrogens is 2. The molecule has 0 aliphatic rings. The Kier molecular flexibility index (Phi) is 4.62. The van der Waals surface area contributed by atoms with Crippen LogP contribution in [0.3, 0.4) is 0 Å². The second-order valence-electron chi connectivity index (χ2n) is 10.0. The van der Waals surface area contributed by atoms with Gasteiger partial charge in [-0.15, -0.1) is 0 Å². The molecule has 8 aromatic rings. The van der Waals surface area contributed by atoms with Gasteiger partial charge in [0.1, 0.15) is 12.1 Å². The topological polar surface area (TPSA) is 57.4 Å². The number of nitrogens with zero attached hydrogens (tertiary/aromatic N) is 4. The maximum Gasteiger partial charge on any atom is 0.103 e. The van der Waals surface area contributed by atoms with Crippen LogP contribution in [0.25, 0.3) is 65.8 Å². The lowest BCUT2D eigenvalue weighted by molar-refractivity contribution is 1.12. The Balaban J connectivity index is 1.57. The van der Waals surface area contributed by atoms with E-state index in [1.54, 1.807) is 0 Å². The zero-order valence-corrected chi connectivity index (χ0v) is 21.3. The fourth-order valence-corrected chi connectivity index (χ4v) is 6.30. The third-order valence-electron chi connectivity index (χ3n) is 7.97. The molecule has 6 aromatic carbocycles. The van der Waals surface area contributed by atoms with E-state index >= 15 is 0 Å². The highest BCUT2D eigenvalue weighted by atomic mass is 15.0. The molecule has 0 amide bonds. The van der Waals surface area contributed by atoms with E-state index in [0.29, 0.717) is 16.8 Å². The molecule has 8 rings (SSSR count). The van der Waals surface area contributed by atoms with Crippen molar-refractivity contribution in [2.75, 3.05) is 0 Å². The van der Waals surface area contributed by atoms with Crippen molar-refractivity contribution in [1.82, 2.24) is 9.13 Å². The Bertz CT molecular complexity index is 2350. The maximum atomic E-state index is 10.4. The smallest absolute Gasteiger partial charge is 0.103 e. The third-order valence-corrected chi connectivity index (χ3v) is 7.97. The van der Waals surface area contributed by atoms with Gasteiger partial charge in [0.05, 0.1) is 38.9 Å². The lowest BCUT2D eigenvalue weighted by atomic mass is 10.0. The van der Waals surface area contributed by atoms with Crippen molar-refractivity contribution in [2.45, 2.75) is 0 Å². The molecule has 40 heavy (non-hydrogen) atoms. The van der Waals surface area contributed by atoms with Gasteiger partial charge in [-0.1, -0.05) is 91.0 Å². The molecule has 0 N–H and O–H groups in total. The minimum Gasteiger partial charge on any atom is -0.308 e. The van der Waals surface area contributed by atoms with E-state index in [9.17, 15) is 10.5 Å². The first-order valence-electron chi connectivity index (χ1n) is 13.2. The summed E-state index contributed by atoms with van der Waals surface area (Å²) in [5, 5.41) is 27.4. The second-order valence-corrected chi connectivity index (χ2v) is 10.0. The number of hydrogen-bond donors (Lipinski definition) is 0. The van der Waals surface area contributed by atoms with Crippen LogP contribution in [-0.2, 0) is 0 Å². The van der Waals surface area contributed by atoms with Crippen LogP contribution in [0.2, 0.25) is 0 Å². The second kappa shape index (κ2) is 8.33. The summed E-state index contributed by atoms with van der Waals surface area (Å²) in [4.78, 5) is 0. The normalized spacial score (nSPS) is 11.4. The van der Waals surface area contributed by atoms with Crippen molar-refractivity contribution >= 4 is 54.4 Å². The highest BCUT2D eigenvalue weighted by Gasteiger charge is 2.21. The summed E-state index contributed by atoms with van der Waals surface area (Å²) in [6.45, 7) is 0. The van der Waals surface area contributed by atoms with Crippen LogP contribution in [0.5, 0.6) is 0 Å². The first-order chi connectivity index (χ1) is 19.8. The maximum absolute atomic E-state index is 10.4. The monoisotopic (exact) mass is 508 g/mol. The fourth-order valence-electron chi connectivity index (χ4n) is 6.30. The van der Waals surface area contributed by atoms with Gasteiger partial charge in [-0.3, -0.25) is 0 Å². The lowest BCUT2D eigenvalue weighted by Crippen LogP contribution is -2.04. The Morgan fingerprint density at radius 1 is 0.475 bits per heavy atom. The zero-order valence-electron chi connectivity index (χ0n) is 21.3. The Hall–Kier alpha value is -5.84. The van der Waals surface area contributed by atoms with Crippen LogP contribution >= 0.6 is 0 Å². The summed E-state index contributed by atoms with van der Waals surface area (Å²) in [7, 11) is 0. The van der Waals surface area contributed by atoms with Gasteiger partial charge in [0, 0.05) is 32.6 Å². The van der Waals surface area contributed by atoms with Gasteiger partial charge in [-0.05, 0) is 35.7 Å². The van der Waals surface area contributed by atoms with E-state index < -0.39 is 0 Å². The van der Waals surface area contributed by atoms with Crippen molar-refractivity contribution in [2.24, 2.45) is 0 Å². The van der Waals surface area contributed by atoms with E-state index in [1.807, 2.05) is 36.4 Å². The molecule has 0 saturated carbocycles. The molecule has 0 fully saturated rings. The zero-order chi connectivity index (χ0) is 26.8. The van der Waals surface area contributed by atoms with Crippen LogP contribution in [0, 0.1) is 22.7 Å². The molecule has 2 aromatic heterocycles. The average Bonchev–Trinajstić information content (AvgIpc) is 3.54. The number of fused-ring (bicyclic) bond motifs is 8. The minimum absolute atomic E-state index is 0.350. The van der Waals surface area contributed by atoms with Gasteiger partial charge in [-0.2, -0.15) is 10.5 Å². The van der Waals surface area contributed by atoms with Crippen LogP contribution < -0.4 is 0 Å². The molecule has 0 radical (unpaired) electrons. The third kappa shape index (κ3) is 2.93. The number of benzene rings is 6. The molecule has 0 aliphatic carbocycles. The number of hydrogen-bond acceptors (Lipinski definition) is 2. The first kappa shape index (κ1) is 22.2. The van der Waals surface area contributed by atoms with Crippen molar-refractivity contribution in [3.63, 3.8) is 0 Å². The Morgan fingerprint density at radius 2 is 1.02 bits per heavy atom. The molecular formula is C36H20N4. The molecule has 2 heterocycles. The van der Waals surface area contributed by atoms with Gasteiger partial charge in [0.2, 0.25) is 0 Å². The molecule has 0 aliphatic heterocycles. The van der Waals surface area contributed by atoms with Gasteiger partial charge in [0.25, 0.3) is 0 Å². The van der Waals surface area contributed by atoms with Gasteiger partial charge in [-0.25, -0.2) is 0 Å². The number of para-hydroxylation sites is 3. The molecule has 0 spiro atoms. The summed E-state index contributed by atoms with van der Waals surface area (Å²) >= 11 is 0. The van der Waals surface area contributed by atoms with Crippen molar-refractivity contribution < 1.29 is 0 Å². The molecule has 4 heteroatoms. The predicted octanol–water partition coefficient (Wildman–Crippen LogP) is 8.78. The van der Waals surface area contributed by atoms with Gasteiger partial charge >= 0.3 is 0 Å². The van der Waals surface area contributed by atoms with Crippen LogP contribution in [0.15, 0.2) is 121 Å². The Morgan fingerprint density at radius 3 is 1.65 bits per heavy atom. The molecule has 4 nitrogen and oxygen atoms in total. The van der Waals surface area contributed by atoms with E-state index in [0.717, 1.165) is 60.1 Å². The van der Waals surface area contributed by atoms with Crippen LogP contribution in [0.4, 0.5) is 0 Å². The standard InChI is InChI=1S/C36H20N4/c37-21-24-19-25(39-32-14-6-5-13-29(32)30-18-17-23-9-1-2-10-26(23)36(30)39)20-35(31(24)22-38)40-33-15-7-3-11-27(33)28-12-4-8-16-34(28)40/h1-20H. The first-order valence-corrected chi connectivity index (χ1v) is 13.2. The van der Waals surface area contributed by atoms with Gasteiger partial charge in [0.15, 0.2) is 0 Å². The average molecular weight is 509 g/mol. The SMILES string of the molecule is N#Cc1cc(-n2c3ccccc3c3ccc4ccccc4c32)cc(-n2c3ccccc3c3ccccc32)c1C#N. The van der Waals surface area contributed by atoms with E-state index in [2.05, 4.69) is 106 Å². The van der Waals surface area contributed by atoms with Crippen molar-refractivity contribution in [3.8, 4) is 23.5 Å². The number of nitriles is 2. The molecule has 0 atom stereocenters. The Labute approximate surface area is 229 Å². The van der Waals surface area contributed by atoms with Crippen molar-refractivity contribution in [3.05, 3.63) is 132 Å². The number of rotatable bonds is 2. The highest BCUT2D eigenvalue weighted by molar-refractivity contribution is 6.18. The quantitative estimate of drug-likeness (QED) is 0.234. The summed E-state index contributed by atoms with van der Waals surface area (Å²) in [6, 6.07) is 46.1. The van der Waals surface area contributed by atoms with E-state index in [1.165, 1.54) is 0 Å². The lowest BCUT2D eigenvalue weighted by Gasteiger charge is -2.16. The van der Waals surface area contributed by atoms with E-state index in [-0.39, 0.29) is 0 Å². The molecule has 0 saturated heterocycles. The molecule has 0 bridgehead atoms. The van der Waals surface area contributed by atoms with Crippen molar-refractivity contribution in [1.29, 1.82) is 10.5 Å². The summed E-state index contributed by atoms with van der Waals surface area (Å²) in [5.74, 6) is 0. The summed E-state index contributed by atoms with van der Waals surface area (Å²) in [6.07, 6.45) is 0. The predicted molar refractivity (Wildman–Crippen MR) is 162 cm³/mol. The molecule has 184 valence electrons. The van der Waals surface area contributed by atoms with Crippen LogP contribution in [-0.4, -0.2) is 9.13 Å². The summed E-state index contributed by atoms with van der Waals surface area (Å²) < 4.78 is 4.37. The van der Waals surface area contributed by atoms with Gasteiger partial charge < -0.3 is 9.13 Å². The molecular weight excluding hydrogens is 488 g/mol. The minimum atomic E-state index is 0.350. The fraction of sp³-hybridized carbons (Fsp3) is 0.